The molecule has 5 nitrogen and oxygen atoms in total. The minimum Gasteiger partial charge on any atom is -0.344 e. The maximum atomic E-state index is 13.2. The number of fused-ring (bicyclic) bond motifs is 1. The molecular formula is C20H19BrN4OS. The van der Waals surface area contributed by atoms with Gasteiger partial charge in [-0.05, 0) is 42.7 Å². The molecule has 3 heterocycles. The molecule has 2 aliphatic rings. The van der Waals surface area contributed by atoms with Crippen molar-refractivity contribution in [2.24, 2.45) is 0 Å². The van der Waals surface area contributed by atoms with Crippen molar-refractivity contribution in [2.45, 2.75) is 18.3 Å². The first-order valence-corrected chi connectivity index (χ1v) is 10.8. The van der Waals surface area contributed by atoms with Crippen molar-refractivity contribution in [2.75, 3.05) is 31.1 Å². The van der Waals surface area contributed by atoms with Crippen molar-refractivity contribution in [1.29, 1.82) is 0 Å². The first kappa shape index (κ1) is 17.1. The Balaban J connectivity index is 1.29. The van der Waals surface area contributed by atoms with Gasteiger partial charge in [0.1, 0.15) is 10.3 Å². The Hall–Kier alpha value is -1.99. The van der Waals surface area contributed by atoms with Crippen LogP contribution < -0.4 is 4.90 Å². The van der Waals surface area contributed by atoms with Crippen LogP contribution in [0.5, 0.6) is 0 Å². The molecule has 0 N–H and O–H groups in total. The van der Waals surface area contributed by atoms with Gasteiger partial charge >= 0.3 is 0 Å². The van der Waals surface area contributed by atoms with Gasteiger partial charge in [0.25, 0.3) is 0 Å². The standard InChI is InChI=1S/C20H19BrN4OS/c21-15-4-1-3-14(13-15)20(6-7-20)18(26)24-9-11-25(12-10-24)19-23-16-5-2-8-22-17(16)27-19/h1-5,8,13H,6-7,9-12H2. The third kappa shape index (κ3) is 3.02. The molecule has 1 aliphatic carbocycles. The molecule has 1 saturated heterocycles. The molecule has 0 radical (unpaired) electrons. The minimum atomic E-state index is -0.300. The van der Waals surface area contributed by atoms with Crippen LogP contribution in [0.15, 0.2) is 47.1 Å². The highest BCUT2D eigenvalue weighted by molar-refractivity contribution is 9.10. The Labute approximate surface area is 170 Å². The van der Waals surface area contributed by atoms with Gasteiger partial charge < -0.3 is 9.80 Å². The van der Waals surface area contributed by atoms with Gasteiger partial charge in [0, 0.05) is 36.8 Å². The molecule has 138 valence electrons. The molecule has 27 heavy (non-hydrogen) atoms. The lowest BCUT2D eigenvalue weighted by molar-refractivity contribution is -0.134. The van der Waals surface area contributed by atoms with Crippen LogP contribution in [0, 0.1) is 0 Å². The third-order valence-electron chi connectivity index (χ3n) is 5.53. The number of amides is 1. The number of rotatable bonds is 3. The van der Waals surface area contributed by atoms with E-state index in [1.165, 1.54) is 0 Å². The molecule has 0 bridgehead atoms. The van der Waals surface area contributed by atoms with E-state index in [2.05, 4.69) is 37.9 Å². The Kier molecular flexibility index (Phi) is 4.16. The molecule has 1 aliphatic heterocycles. The summed E-state index contributed by atoms with van der Waals surface area (Å²) >= 11 is 5.16. The average molecular weight is 443 g/mol. The lowest BCUT2D eigenvalue weighted by Crippen LogP contribution is -2.51. The van der Waals surface area contributed by atoms with Crippen molar-refractivity contribution in [1.82, 2.24) is 14.9 Å². The zero-order valence-corrected chi connectivity index (χ0v) is 17.2. The number of hydrogen-bond donors (Lipinski definition) is 0. The van der Waals surface area contributed by atoms with E-state index in [4.69, 9.17) is 4.98 Å². The van der Waals surface area contributed by atoms with E-state index in [1.807, 2.05) is 29.2 Å². The smallest absolute Gasteiger partial charge is 0.233 e. The van der Waals surface area contributed by atoms with E-state index < -0.39 is 0 Å². The SMILES string of the molecule is O=C(N1CCN(c2nc3cccnc3s2)CC1)C1(c2cccc(Br)c2)CC1. The number of aromatic nitrogens is 2. The number of pyridine rings is 1. The summed E-state index contributed by atoms with van der Waals surface area (Å²) in [5, 5.41) is 1.00. The van der Waals surface area contributed by atoms with Crippen LogP contribution in [-0.2, 0) is 10.2 Å². The van der Waals surface area contributed by atoms with Crippen LogP contribution in [0.2, 0.25) is 0 Å². The van der Waals surface area contributed by atoms with Crippen LogP contribution >= 0.6 is 27.3 Å². The van der Waals surface area contributed by atoms with Crippen LogP contribution in [0.3, 0.4) is 0 Å². The van der Waals surface area contributed by atoms with Crippen molar-refractivity contribution in [3.05, 3.63) is 52.6 Å². The molecule has 1 amide bonds. The average Bonchev–Trinajstić information content (AvgIpc) is 3.40. The summed E-state index contributed by atoms with van der Waals surface area (Å²) in [6.45, 7) is 3.14. The molecule has 3 aromatic rings. The zero-order chi connectivity index (χ0) is 18.4. The molecule has 2 fully saturated rings. The molecule has 1 saturated carbocycles. The predicted octanol–water partition coefficient (Wildman–Crippen LogP) is 3.83. The van der Waals surface area contributed by atoms with E-state index in [0.717, 1.165) is 64.5 Å². The lowest BCUT2D eigenvalue weighted by atomic mass is 9.94. The van der Waals surface area contributed by atoms with Crippen LogP contribution in [0.4, 0.5) is 5.13 Å². The van der Waals surface area contributed by atoms with Crippen LogP contribution in [-0.4, -0.2) is 47.0 Å². The van der Waals surface area contributed by atoms with Gasteiger partial charge in [-0.3, -0.25) is 4.79 Å². The van der Waals surface area contributed by atoms with Crippen LogP contribution in [0.25, 0.3) is 10.3 Å². The summed E-state index contributed by atoms with van der Waals surface area (Å²) in [5.74, 6) is 0.284. The van der Waals surface area contributed by atoms with E-state index in [0.29, 0.717) is 0 Å². The molecule has 1 aromatic carbocycles. The number of nitrogens with zero attached hydrogens (tertiary/aromatic N) is 4. The maximum Gasteiger partial charge on any atom is 0.233 e. The van der Waals surface area contributed by atoms with Gasteiger partial charge in [0.2, 0.25) is 5.91 Å². The number of piperazine rings is 1. The van der Waals surface area contributed by atoms with Gasteiger partial charge in [0.15, 0.2) is 5.13 Å². The van der Waals surface area contributed by atoms with E-state index in [-0.39, 0.29) is 11.3 Å². The fourth-order valence-electron chi connectivity index (χ4n) is 3.83. The van der Waals surface area contributed by atoms with E-state index >= 15 is 0 Å². The van der Waals surface area contributed by atoms with Crippen molar-refractivity contribution in [3.8, 4) is 0 Å². The first-order valence-electron chi connectivity index (χ1n) is 9.18. The second-order valence-corrected chi connectivity index (χ2v) is 9.07. The summed E-state index contributed by atoms with van der Waals surface area (Å²) < 4.78 is 1.04. The fraction of sp³-hybridized carbons (Fsp3) is 0.350. The fourth-order valence-corrected chi connectivity index (χ4v) is 5.19. The lowest BCUT2D eigenvalue weighted by Gasteiger charge is -2.36. The summed E-state index contributed by atoms with van der Waals surface area (Å²) in [7, 11) is 0. The Bertz CT molecular complexity index is 975. The Morgan fingerprint density at radius 3 is 2.63 bits per heavy atom. The monoisotopic (exact) mass is 442 g/mol. The molecule has 0 atom stereocenters. The quantitative estimate of drug-likeness (QED) is 0.618. The van der Waals surface area contributed by atoms with Crippen molar-refractivity contribution >= 4 is 48.7 Å². The number of carbonyl (C=O) groups is 1. The van der Waals surface area contributed by atoms with Gasteiger partial charge in [-0.1, -0.05) is 39.4 Å². The normalized spacial score (nSPS) is 18.7. The highest BCUT2D eigenvalue weighted by Crippen LogP contribution is 2.50. The molecule has 5 rings (SSSR count). The highest BCUT2D eigenvalue weighted by Gasteiger charge is 2.53. The topological polar surface area (TPSA) is 49.3 Å². The second kappa shape index (κ2) is 6.56. The summed E-state index contributed by atoms with van der Waals surface area (Å²) in [4.78, 5) is 27.6. The maximum absolute atomic E-state index is 13.2. The number of benzene rings is 1. The number of thiazole rings is 1. The number of anilines is 1. The zero-order valence-electron chi connectivity index (χ0n) is 14.8. The van der Waals surface area contributed by atoms with E-state index in [9.17, 15) is 4.79 Å². The molecule has 2 aromatic heterocycles. The number of hydrogen-bond acceptors (Lipinski definition) is 5. The molecular weight excluding hydrogens is 424 g/mol. The van der Waals surface area contributed by atoms with Crippen LogP contribution in [0.1, 0.15) is 18.4 Å². The molecule has 0 unspecified atom stereocenters. The summed E-state index contributed by atoms with van der Waals surface area (Å²) in [6, 6.07) is 12.1. The van der Waals surface area contributed by atoms with Crippen molar-refractivity contribution < 1.29 is 4.79 Å². The summed E-state index contributed by atoms with van der Waals surface area (Å²) in [6.07, 6.45) is 3.70. The van der Waals surface area contributed by atoms with E-state index in [1.54, 1.807) is 17.5 Å². The minimum absolute atomic E-state index is 0.284. The van der Waals surface area contributed by atoms with Gasteiger partial charge in [-0.15, -0.1) is 0 Å². The highest BCUT2D eigenvalue weighted by atomic mass is 79.9. The third-order valence-corrected chi connectivity index (χ3v) is 7.06. The Morgan fingerprint density at radius 2 is 1.93 bits per heavy atom. The predicted molar refractivity (Wildman–Crippen MR) is 111 cm³/mol. The Morgan fingerprint density at radius 1 is 1.11 bits per heavy atom. The summed E-state index contributed by atoms with van der Waals surface area (Å²) in [5.41, 5.74) is 1.79. The van der Waals surface area contributed by atoms with Crippen molar-refractivity contribution in [3.63, 3.8) is 0 Å². The van der Waals surface area contributed by atoms with Gasteiger partial charge in [-0.2, -0.15) is 0 Å². The first-order chi connectivity index (χ1) is 13.2. The largest absolute Gasteiger partial charge is 0.344 e. The number of carbonyl (C=O) groups excluding carboxylic acids is 1. The van der Waals surface area contributed by atoms with Gasteiger partial charge in [0.05, 0.1) is 5.41 Å². The molecule has 0 spiro atoms. The second-order valence-electron chi connectivity index (χ2n) is 7.20. The van der Waals surface area contributed by atoms with Gasteiger partial charge in [-0.25, -0.2) is 9.97 Å². The molecule has 7 heteroatoms. The number of halogens is 1.